The van der Waals surface area contributed by atoms with Gasteiger partial charge in [-0.3, -0.25) is 28.8 Å². The topological polar surface area (TPSA) is 410 Å². The fourth-order valence-electron chi connectivity index (χ4n) is 9.07. The summed E-state index contributed by atoms with van der Waals surface area (Å²) in [6.07, 6.45) is 6.11. The number of ether oxygens (including phenoxy) is 5. The number of unbranched alkanes of at least 4 members (excludes halogenated alkanes) is 3. The van der Waals surface area contributed by atoms with Crippen molar-refractivity contribution in [3.05, 3.63) is 162 Å². The largest absolute Gasteiger partial charge is 0.480 e. The van der Waals surface area contributed by atoms with Gasteiger partial charge >= 0.3 is 42.2 Å². The quantitative estimate of drug-likeness (QED) is 0.00653. The van der Waals surface area contributed by atoms with E-state index in [1.54, 1.807) is 111 Å². The number of nitrogen functional groups attached to an aromatic ring is 1. The molecule has 0 saturated carbocycles. The number of aliphatic hydroxyl groups is 2. The van der Waals surface area contributed by atoms with E-state index in [-0.39, 0.29) is 64.3 Å². The minimum atomic E-state index is -1.17. The number of aliphatic hydroxyl groups excluding tert-OH is 2. The summed E-state index contributed by atoms with van der Waals surface area (Å²) < 4.78 is 25.6. The first kappa shape index (κ1) is 90.4. The summed E-state index contributed by atoms with van der Waals surface area (Å²) in [5, 5.41) is 49.4. The van der Waals surface area contributed by atoms with E-state index in [1.807, 2.05) is 60.7 Å². The molecule has 0 bridgehead atoms. The second-order valence-electron chi connectivity index (χ2n) is 26.8. The van der Waals surface area contributed by atoms with Crippen molar-refractivity contribution in [1.82, 2.24) is 26.6 Å². The molecule has 5 atom stereocenters. The number of Topliss-reactive ketones (excluding diaryl/α,β-unsaturated/α-hetero) is 1. The van der Waals surface area contributed by atoms with Gasteiger partial charge in [-0.05, 0) is 173 Å². The standard InChI is InChI=1S/C33H44N2O7.C25H36N2O7.C11H22N2O4.C7H9NO/c1-5-19-41-30(38)22-27(20-24-11-7-6-8-12-24)31(39)35-28(13-9-10-18-34-32(40)42-33(2,3)4)29(37)21-25-14-16-26(23-36)17-15-25;1-5-15-33-21(28)17-19(16-18-11-7-6-8-12-18)22(29)27-20(23(30)31)13-9-10-14-26-24(32)34-25(2,3)4;1-11(2,3)17-10(16)13-7-5-4-6-8(12)9(14)15;8-7-3-1-6(5-9)2-4-7/h5-8,11-12,14-17,27-28,36H,1,9-10,13,18-23H2,2-4H3,(H,34,40)(H,35,39);5-8,11-12,19-20H,1,9-10,13-17H2,2-4H3,(H,26,32)(H,27,29)(H,30,31);8H,4-7,12H2,1-3H3,(H,13,16)(H,14,15);1-4,9H,5,8H2/t27-,28+;19-,20+;8-;/m110./s1. The maximum absolute atomic E-state index is 13.5. The van der Waals surface area contributed by atoms with E-state index in [9.17, 15) is 58.2 Å². The molecule has 26 heteroatoms. The van der Waals surface area contributed by atoms with Gasteiger partial charge in [-0.25, -0.2) is 19.2 Å². The fraction of sp³-hybridized carbons (Fsp3) is 0.500. The molecule has 4 aromatic rings. The molecule has 0 radical (unpaired) electrons. The number of aliphatic carboxylic acids is 2. The normalized spacial score (nSPS) is 12.4. The summed E-state index contributed by atoms with van der Waals surface area (Å²) in [5.74, 6) is -5.87. The molecule has 0 unspecified atom stereocenters. The van der Waals surface area contributed by atoms with Crippen LogP contribution in [0.15, 0.2) is 135 Å². The first-order valence-corrected chi connectivity index (χ1v) is 34.1. The third-order valence-electron chi connectivity index (χ3n) is 14.1. The van der Waals surface area contributed by atoms with Crippen LogP contribution in [-0.4, -0.2) is 148 Å². The SMILES string of the molecule is C=CCOC(=O)C[C@@H](Cc1ccccc1)C(=O)N[C@@H](CCCCNC(=O)OC(C)(C)C)C(=O)Cc1ccc(CO)cc1.C=CCOC(=O)C[C@@H](Cc1ccccc1)C(=O)N[C@@H](CCCCNC(=O)OC(C)(C)C)C(=O)O.CC(C)(C)OC(=O)NCCCC[C@H](N)C(=O)O.Nc1ccc(CO)cc1. The fourth-order valence-corrected chi connectivity index (χ4v) is 9.07. The maximum Gasteiger partial charge on any atom is 0.407 e. The molecule has 0 heterocycles. The number of rotatable bonds is 38. The minimum Gasteiger partial charge on any atom is -0.480 e. The van der Waals surface area contributed by atoms with Crippen molar-refractivity contribution >= 4 is 65.4 Å². The van der Waals surface area contributed by atoms with Gasteiger partial charge in [0.25, 0.3) is 0 Å². The van der Waals surface area contributed by atoms with Gasteiger partial charge in [0.2, 0.25) is 11.8 Å². The van der Waals surface area contributed by atoms with Crippen LogP contribution in [0.1, 0.15) is 161 Å². The van der Waals surface area contributed by atoms with E-state index in [2.05, 4.69) is 39.7 Å². The molecule has 26 nitrogen and oxygen atoms in total. The number of nitrogens with two attached hydrogens (primary N) is 2. The molecule has 4 rings (SSSR count). The number of nitrogens with one attached hydrogen (secondary N) is 5. The van der Waals surface area contributed by atoms with Gasteiger partial charge in [0.15, 0.2) is 5.78 Å². The number of carboxylic acids is 2. The van der Waals surface area contributed by atoms with E-state index >= 15 is 0 Å². The molecule has 5 amide bonds. The number of hydrogen-bond donors (Lipinski definition) is 11. The lowest BCUT2D eigenvalue weighted by Crippen LogP contribution is -2.45. The van der Waals surface area contributed by atoms with Crippen LogP contribution in [0.5, 0.6) is 0 Å². The zero-order chi connectivity index (χ0) is 76.7. The highest BCUT2D eigenvalue weighted by Crippen LogP contribution is 2.19. The Morgan fingerprint density at radius 2 is 0.804 bits per heavy atom. The van der Waals surface area contributed by atoms with Gasteiger partial charge in [0.1, 0.15) is 42.1 Å². The maximum atomic E-state index is 13.5. The Morgan fingerprint density at radius 1 is 0.461 bits per heavy atom. The average molecular weight is 1430 g/mol. The molecule has 0 aliphatic rings. The van der Waals surface area contributed by atoms with E-state index in [0.29, 0.717) is 77.4 Å². The summed E-state index contributed by atoms with van der Waals surface area (Å²) in [5.41, 5.74) is 13.9. The molecule has 0 saturated heterocycles. The van der Waals surface area contributed by atoms with E-state index < -0.39 is 101 Å². The highest BCUT2D eigenvalue weighted by atomic mass is 16.6. The van der Waals surface area contributed by atoms with Crippen molar-refractivity contribution in [3.8, 4) is 0 Å². The van der Waals surface area contributed by atoms with E-state index in [0.717, 1.165) is 33.5 Å². The number of amides is 5. The second kappa shape index (κ2) is 49.8. The first-order chi connectivity index (χ1) is 48.1. The van der Waals surface area contributed by atoms with Crippen LogP contribution in [0, 0.1) is 11.8 Å². The third kappa shape index (κ3) is 45.9. The van der Waals surface area contributed by atoms with Crippen molar-refractivity contribution in [2.75, 3.05) is 38.6 Å². The Hall–Kier alpha value is -9.66. The summed E-state index contributed by atoms with van der Waals surface area (Å²) in [6.45, 7) is 24.3. The molecule has 0 aliphatic heterocycles. The second-order valence-corrected chi connectivity index (χ2v) is 26.8. The summed E-state index contributed by atoms with van der Waals surface area (Å²) in [6, 6.07) is 30.0. The van der Waals surface area contributed by atoms with Crippen LogP contribution in [0.2, 0.25) is 0 Å². The molecule has 0 aliphatic carbocycles. The number of esters is 2. The molecule has 0 fully saturated rings. The van der Waals surface area contributed by atoms with Crippen molar-refractivity contribution < 1.29 is 92.1 Å². The lowest BCUT2D eigenvalue weighted by Gasteiger charge is -2.22. The number of benzene rings is 4. The molecule has 4 aromatic carbocycles. The first-order valence-electron chi connectivity index (χ1n) is 34.1. The van der Waals surface area contributed by atoms with Crippen LogP contribution < -0.4 is 38.1 Å². The molecule has 102 heavy (non-hydrogen) atoms. The Kier molecular flexibility index (Phi) is 44.1. The number of hydrogen-bond acceptors (Lipinski definition) is 19. The third-order valence-corrected chi connectivity index (χ3v) is 14.1. The number of carbonyl (C=O) groups is 10. The Balaban J connectivity index is 0.000000766. The number of carboxylic acid groups (broad SMARTS) is 2. The molecule has 13 N–H and O–H groups in total. The summed E-state index contributed by atoms with van der Waals surface area (Å²) >= 11 is 0. The summed E-state index contributed by atoms with van der Waals surface area (Å²) in [7, 11) is 0. The van der Waals surface area contributed by atoms with Gasteiger partial charge in [0.05, 0.1) is 43.9 Å². The Labute approximate surface area is 600 Å². The van der Waals surface area contributed by atoms with E-state index in [1.165, 1.54) is 12.2 Å². The molecular formula is C76H111N7O19. The van der Waals surface area contributed by atoms with Crippen LogP contribution in [-0.2, 0) is 89.7 Å². The number of ketones is 1. The van der Waals surface area contributed by atoms with Crippen molar-refractivity contribution in [1.29, 1.82) is 0 Å². The van der Waals surface area contributed by atoms with Crippen molar-refractivity contribution in [3.63, 3.8) is 0 Å². The van der Waals surface area contributed by atoms with Crippen molar-refractivity contribution in [2.45, 2.75) is 200 Å². The molecule has 0 aromatic heterocycles. The Bertz CT molecular complexity index is 3170. The zero-order valence-electron chi connectivity index (χ0n) is 60.8. The monoisotopic (exact) mass is 1430 g/mol. The number of alkyl carbamates (subject to hydrolysis) is 3. The smallest absolute Gasteiger partial charge is 0.407 e. The van der Waals surface area contributed by atoms with Crippen LogP contribution >= 0.6 is 0 Å². The van der Waals surface area contributed by atoms with Gasteiger partial charge in [-0.1, -0.05) is 122 Å². The zero-order valence-corrected chi connectivity index (χ0v) is 60.8. The predicted octanol–water partition coefficient (Wildman–Crippen LogP) is 9.53. The van der Waals surface area contributed by atoms with Crippen LogP contribution in [0.4, 0.5) is 20.1 Å². The van der Waals surface area contributed by atoms with Gasteiger partial charge in [-0.15, -0.1) is 0 Å². The average Bonchev–Trinajstić information content (AvgIpc) is 0.874. The van der Waals surface area contributed by atoms with Gasteiger partial charge in [0, 0.05) is 31.7 Å². The lowest BCUT2D eigenvalue weighted by molar-refractivity contribution is -0.147. The highest BCUT2D eigenvalue weighted by Gasteiger charge is 2.30. The lowest BCUT2D eigenvalue weighted by atomic mass is 9.93. The Morgan fingerprint density at radius 3 is 1.15 bits per heavy atom. The van der Waals surface area contributed by atoms with Crippen LogP contribution in [0.3, 0.4) is 0 Å². The highest BCUT2D eigenvalue weighted by molar-refractivity contribution is 5.92. The summed E-state index contributed by atoms with van der Waals surface area (Å²) in [4.78, 5) is 121. The predicted molar refractivity (Wildman–Crippen MR) is 388 cm³/mol. The van der Waals surface area contributed by atoms with Gasteiger partial charge in [-0.2, -0.15) is 0 Å². The minimum absolute atomic E-state index is 0.0353. The van der Waals surface area contributed by atoms with Gasteiger partial charge < -0.3 is 82.2 Å². The van der Waals surface area contributed by atoms with E-state index in [4.69, 9.17) is 45.4 Å². The van der Waals surface area contributed by atoms with Crippen molar-refractivity contribution in [2.24, 2.45) is 17.6 Å². The van der Waals surface area contributed by atoms with Crippen LogP contribution in [0.25, 0.3) is 0 Å². The molecule has 564 valence electrons. The number of carbonyl (C=O) groups excluding carboxylic acids is 8. The molecular weight excluding hydrogens is 1310 g/mol. The number of anilines is 1. The molecule has 0 spiro atoms.